The number of amides is 3. The maximum atomic E-state index is 12.5. The fourth-order valence-corrected chi connectivity index (χ4v) is 3.66. The Kier molecular flexibility index (Phi) is 7.49. The largest absolute Gasteiger partial charge is 0.406 e. The van der Waals surface area contributed by atoms with Crippen molar-refractivity contribution in [3.05, 3.63) is 0 Å². The smallest absolute Gasteiger partial charge is 0.356 e. The molecule has 2 aliphatic heterocycles. The van der Waals surface area contributed by atoms with Gasteiger partial charge in [0.2, 0.25) is 17.7 Å². The molecule has 0 radical (unpaired) electrons. The Hall–Kier alpha value is -1.80. The molecule has 2 heterocycles. The van der Waals surface area contributed by atoms with Gasteiger partial charge in [0.15, 0.2) is 0 Å². The van der Waals surface area contributed by atoms with Crippen molar-refractivity contribution in [1.82, 2.24) is 15.1 Å². The predicted molar refractivity (Wildman–Crippen MR) is 92.6 cm³/mol. The molecule has 0 aromatic heterocycles. The Morgan fingerprint density at radius 1 is 1.15 bits per heavy atom. The van der Waals surface area contributed by atoms with Crippen LogP contribution in [0.15, 0.2) is 0 Å². The summed E-state index contributed by atoms with van der Waals surface area (Å²) in [5.74, 6) is -1.77. The molecular formula is C18H28F3N3O3. The van der Waals surface area contributed by atoms with Gasteiger partial charge in [-0.25, -0.2) is 0 Å². The first-order valence-corrected chi connectivity index (χ1v) is 9.62. The van der Waals surface area contributed by atoms with Gasteiger partial charge in [-0.3, -0.25) is 14.4 Å². The number of alkyl halides is 3. The van der Waals surface area contributed by atoms with Crippen LogP contribution in [0.3, 0.4) is 0 Å². The van der Waals surface area contributed by atoms with E-state index in [1.54, 1.807) is 4.90 Å². The second-order valence-corrected chi connectivity index (χ2v) is 7.39. The SMILES string of the molecule is CCCCCNC(=O)C1CCN(C(=O)C2CC(=O)N(CC(F)(F)F)C2)CC1. The van der Waals surface area contributed by atoms with E-state index < -0.39 is 24.5 Å². The summed E-state index contributed by atoms with van der Waals surface area (Å²) in [5.41, 5.74) is 0. The second-order valence-electron chi connectivity index (χ2n) is 7.39. The van der Waals surface area contributed by atoms with Gasteiger partial charge in [0.25, 0.3) is 0 Å². The number of rotatable bonds is 7. The number of carbonyl (C=O) groups excluding carboxylic acids is 3. The Labute approximate surface area is 157 Å². The van der Waals surface area contributed by atoms with E-state index in [0.29, 0.717) is 37.4 Å². The highest BCUT2D eigenvalue weighted by Crippen LogP contribution is 2.27. The second kappa shape index (κ2) is 9.41. The molecule has 3 amide bonds. The first-order valence-electron chi connectivity index (χ1n) is 9.62. The van der Waals surface area contributed by atoms with Crippen molar-refractivity contribution in [3.8, 4) is 0 Å². The summed E-state index contributed by atoms with van der Waals surface area (Å²) < 4.78 is 37.5. The van der Waals surface area contributed by atoms with E-state index in [1.165, 1.54) is 0 Å². The highest BCUT2D eigenvalue weighted by atomic mass is 19.4. The van der Waals surface area contributed by atoms with Crippen LogP contribution in [0.1, 0.15) is 45.4 Å². The predicted octanol–water partition coefficient (Wildman–Crippen LogP) is 1.94. The molecule has 0 saturated carbocycles. The molecule has 154 valence electrons. The van der Waals surface area contributed by atoms with E-state index in [4.69, 9.17) is 0 Å². The monoisotopic (exact) mass is 391 g/mol. The van der Waals surface area contributed by atoms with Gasteiger partial charge in [-0.2, -0.15) is 13.2 Å². The number of hydrogen-bond acceptors (Lipinski definition) is 3. The van der Waals surface area contributed by atoms with Crippen LogP contribution >= 0.6 is 0 Å². The minimum absolute atomic E-state index is 0.00518. The Morgan fingerprint density at radius 3 is 2.41 bits per heavy atom. The third-order valence-electron chi connectivity index (χ3n) is 5.19. The Balaban J connectivity index is 1.76. The van der Waals surface area contributed by atoms with Crippen molar-refractivity contribution in [3.63, 3.8) is 0 Å². The summed E-state index contributed by atoms with van der Waals surface area (Å²) in [6.45, 7) is 2.05. The lowest BCUT2D eigenvalue weighted by molar-refractivity contribution is -0.157. The lowest BCUT2D eigenvalue weighted by Gasteiger charge is -2.33. The summed E-state index contributed by atoms with van der Waals surface area (Å²) in [6.07, 6.45) is -0.456. The number of likely N-dealkylation sites (tertiary alicyclic amines) is 2. The summed E-state index contributed by atoms with van der Waals surface area (Å²) in [5, 5.41) is 2.92. The first-order chi connectivity index (χ1) is 12.7. The third-order valence-corrected chi connectivity index (χ3v) is 5.19. The van der Waals surface area contributed by atoms with Crippen molar-refractivity contribution < 1.29 is 27.6 Å². The van der Waals surface area contributed by atoms with E-state index in [-0.39, 0.29) is 30.7 Å². The number of unbranched alkanes of at least 4 members (excludes halogenated alkanes) is 2. The molecule has 0 aliphatic carbocycles. The molecule has 1 N–H and O–H groups in total. The maximum absolute atomic E-state index is 12.5. The standard InChI is InChI=1S/C18H28F3N3O3/c1-2-3-4-7-22-16(26)13-5-8-23(9-6-13)17(27)14-10-15(25)24(11-14)12-18(19,20)21/h13-14H,2-12H2,1H3,(H,22,26). The number of halogens is 3. The van der Waals surface area contributed by atoms with E-state index in [9.17, 15) is 27.6 Å². The quantitative estimate of drug-likeness (QED) is 0.675. The number of hydrogen-bond donors (Lipinski definition) is 1. The summed E-state index contributed by atoms with van der Waals surface area (Å²) >= 11 is 0. The van der Waals surface area contributed by atoms with E-state index in [0.717, 1.165) is 19.3 Å². The van der Waals surface area contributed by atoms with Gasteiger partial charge in [-0.1, -0.05) is 19.8 Å². The number of carbonyl (C=O) groups is 3. The van der Waals surface area contributed by atoms with Gasteiger partial charge in [0.1, 0.15) is 6.54 Å². The van der Waals surface area contributed by atoms with E-state index in [2.05, 4.69) is 12.2 Å². The molecule has 27 heavy (non-hydrogen) atoms. The number of piperidine rings is 1. The van der Waals surface area contributed by atoms with Gasteiger partial charge < -0.3 is 15.1 Å². The third kappa shape index (κ3) is 6.39. The molecule has 0 spiro atoms. The molecule has 2 saturated heterocycles. The van der Waals surface area contributed by atoms with E-state index in [1.807, 2.05) is 0 Å². The Morgan fingerprint density at radius 2 is 1.81 bits per heavy atom. The van der Waals surface area contributed by atoms with Crippen LogP contribution in [-0.2, 0) is 14.4 Å². The van der Waals surface area contributed by atoms with Gasteiger partial charge >= 0.3 is 6.18 Å². The van der Waals surface area contributed by atoms with Gasteiger partial charge in [-0.05, 0) is 19.3 Å². The highest BCUT2D eigenvalue weighted by Gasteiger charge is 2.42. The fourth-order valence-electron chi connectivity index (χ4n) is 3.66. The average molecular weight is 391 g/mol. The van der Waals surface area contributed by atoms with Crippen molar-refractivity contribution in [2.45, 2.75) is 51.6 Å². The fraction of sp³-hybridized carbons (Fsp3) is 0.833. The topological polar surface area (TPSA) is 69.7 Å². The summed E-state index contributed by atoms with van der Waals surface area (Å²) in [4.78, 5) is 38.7. The molecule has 9 heteroatoms. The maximum Gasteiger partial charge on any atom is 0.406 e. The van der Waals surface area contributed by atoms with Crippen molar-refractivity contribution in [1.29, 1.82) is 0 Å². The normalized spacial score (nSPS) is 21.6. The number of nitrogens with zero attached hydrogens (tertiary/aromatic N) is 2. The molecule has 0 bridgehead atoms. The molecular weight excluding hydrogens is 363 g/mol. The summed E-state index contributed by atoms with van der Waals surface area (Å²) in [6, 6.07) is 0. The molecule has 6 nitrogen and oxygen atoms in total. The van der Waals surface area contributed by atoms with Crippen LogP contribution < -0.4 is 5.32 Å². The Bertz CT molecular complexity index is 546. The van der Waals surface area contributed by atoms with Crippen LogP contribution in [0.25, 0.3) is 0 Å². The van der Waals surface area contributed by atoms with Gasteiger partial charge in [0, 0.05) is 38.5 Å². The van der Waals surface area contributed by atoms with Crippen molar-refractivity contribution in [2.24, 2.45) is 11.8 Å². The van der Waals surface area contributed by atoms with Crippen LogP contribution in [0, 0.1) is 11.8 Å². The molecule has 1 unspecified atom stereocenters. The lowest BCUT2D eigenvalue weighted by Crippen LogP contribution is -2.45. The van der Waals surface area contributed by atoms with Gasteiger partial charge in [0.05, 0.1) is 5.92 Å². The van der Waals surface area contributed by atoms with Crippen molar-refractivity contribution in [2.75, 3.05) is 32.7 Å². The van der Waals surface area contributed by atoms with Crippen LogP contribution in [0.4, 0.5) is 13.2 Å². The van der Waals surface area contributed by atoms with Crippen LogP contribution in [0.2, 0.25) is 0 Å². The minimum Gasteiger partial charge on any atom is -0.356 e. The highest BCUT2D eigenvalue weighted by molar-refractivity contribution is 5.89. The van der Waals surface area contributed by atoms with Crippen LogP contribution in [-0.4, -0.2) is 66.4 Å². The van der Waals surface area contributed by atoms with Gasteiger partial charge in [-0.15, -0.1) is 0 Å². The zero-order valence-corrected chi connectivity index (χ0v) is 15.7. The zero-order chi connectivity index (χ0) is 20.0. The molecule has 0 aromatic rings. The minimum atomic E-state index is -4.46. The zero-order valence-electron chi connectivity index (χ0n) is 15.7. The molecule has 2 aliphatic rings. The molecule has 2 rings (SSSR count). The van der Waals surface area contributed by atoms with Crippen LogP contribution in [0.5, 0.6) is 0 Å². The van der Waals surface area contributed by atoms with E-state index >= 15 is 0 Å². The molecule has 2 fully saturated rings. The van der Waals surface area contributed by atoms with Crippen molar-refractivity contribution >= 4 is 17.7 Å². The average Bonchev–Trinajstić information content (AvgIpc) is 2.97. The first kappa shape index (κ1) is 21.5. The lowest BCUT2D eigenvalue weighted by atomic mass is 9.94. The molecule has 1 atom stereocenters. The molecule has 0 aromatic carbocycles. The summed E-state index contributed by atoms with van der Waals surface area (Å²) in [7, 11) is 0. The number of nitrogens with one attached hydrogen (secondary N) is 1.